The Hall–Kier alpha value is -2.41. The third kappa shape index (κ3) is 3.57. The zero-order valence-electron chi connectivity index (χ0n) is 11.7. The second-order valence-corrected chi connectivity index (χ2v) is 5.81. The van der Waals surface area contributed by atoms with Gasteiger partial charge in [0, 0.05) is 35.0 Å². The number of nitro groups is 1. The summed E-state index contributed by atoms with van der Waals surface area (Å²) < 4.78 is 0. The lowest BCUT2D eigenvalue weighted by Gasteiger charge is -2.08. The fourth-order valence-corrected chi connectivity index (χ4v) is 2.71. The first kappa shape index (κ1) is 15.0. The fraction of sp³-hybridized carbons (Fsp3) is 0.214. The Balaban J connectivity index is 2.25. The lowest BCUT2D eigenvalue weighted by atomic mass is 10.1. The van der Waals surface area contributed by atoms with E-state index >= 15 is 0 Å². The van der Waals surface area contributed by atoms with Crippen molar-refractivity contribution >= 4 is 28.6 Å². The van der Waals surface area contributed by atoms with E-state index < -0.39 is 4.92 Å². The number of rotatable bonds is 5. The number of aryl methyl sites for hydroxylation is 1. The predicted molar refractivity (Wildman–Crippen MR) is 82.9 cm³/mol. The number of benzene rings is 1. The zero-order chi connectivity index (χ0) is 15.4. The first-order valence-electron chi connectivity index (χ1n) is 6.31. The average Bonchev–Trinajstić information content (AvgIpc) is 2.89. The van der Waals surface area contributed by atoms with Crippen LogP contribution in [0.2, 0.25) is 0 Å². The number of carbonyl (C=O) groups is 1. The molecule has 0 aliphatic carbocycles. The molecule has 1 aromatic heterocycles. The van der Waals surface area contributed by atoms with Gasteiger partial charge in [-0.2, -0.15) is 0 Å². The van der Waals surface area contributed by atoms with Crippen LogP contribution in [0.4, 0.5) is 11.4 Å². The molecule has 7 heteroatoms. The molecular weight excluding hydrogens is 290 g/mol. The third-order valence-electron chi connectivity index (χ3n) is 2.93. The quantitative estimate of drug-likeness (QED) is 0.657. The number of nitrogens with one attached hydrogen (secondary N) is 2. The van der Waals surface area contributed by atoms with Crippen LogP contribution in [-0.2, 0) is 6.54 Å². The van der Waals surface area contributed by atoms with Gasteiger partial charge in [-0.3, -0.25) is 14.9 Å². The number of nitrogens with zero attached hydrogens (tertiary/aromatic N) is 1. The Morgan fingerprint density at radius 1 is 1.33 bits per heavy atom. The van der Waals surface area contributed by atoms with Gasteiger partial charge < -0.3 is 10.6 Å². The highest BCUT2D eigenvalue weighted by Crippen LogP contribution is 2.27. The van der Waals surface area contributed by atoms with E-state index in [1.807, 2.05) is 19.1 Å². The number of anilines is 1. The van der Waals surface area contributed by atoms with E-state index in [0.717, 1.165) is 4.88 Å². The van der Waals surface area contributed by atoms with Crippen LogP contribution < -0.4 is 10.6 Å². The van der Waals surface area contributed by atoms with Gasteiger partial charge in [0.25, 0.3) is 11.6 Å². The molecule has 0 bridgehead atoms. The van der Waals surface area contributed by atoms with Gasteiger partial charge in [-0.25, -0.2) is 0 Å². The van der Waals surface area contributed by atoms with Crippen molar-refractivity contribution in [1.29, 1.82) is 0 Å². The average molecular weight is 305 g/mol. The molecule has 0 saturated heterocycles. The number of thiophene rings is 1. The van der Waals surface area contributed by atoms with Gasteiger partial charge in [-0.05, 0) is 31.2 Å². The Morgan fingerprint density at radius 3 is 2.67 bits per heavy atom. The largest absolute Gasteiger partial charge is 0.375 e. The van der Waals surface area contributed by atoms with Crippen LogP contribution in [0.5, 0.6) is 0 Å². The standard InChI is InChI=1S/C14H15N3O3S/c1-9-3-5-11(21-9)8-16-12-7-10(14(18)15-2)4-6-13(12)17(19)20/h3-7,16H,8H2,1-2H3,(H,15,18). The molecule has 6 nitrogen and oxygen atoms in total. The fourth-order valence-electron chi connectivity index (χ4n) is 1.88. The molecule has 0 spiro atoms. The zero-order valence-corrected chi connectivity index (χ0v) is 12.5. The molecule has 2 rings (SSSR count). The predicted octanol–water partition coefficient (Wildman–Crippen LogP) is 2.94. The summed E-state index contributed by atoms with van der Waals surface area (Å²) in [6.07, 6.45) is 0. The van der Waals surface area contributed by atoms with Gasteiger partial charge >= 0.3 is 0 Å². The molecule has 0 radical (unpaired) electrons. The van der Waals surface area contributed by atoms with Crippen molar-refractivity contribution in [2.24, 2.45) is 0 Å². The maximum Gasteiger partial charge on any atom is 0.292 e. The molecule has 0 aliphatic heterocycles. The lowest BCUT2D eigenvalue weighted by Crippen LogP contribution is -2.18. The summed E-state index contributed by atoms with van der Waals surface area (Å²) in [6, 6.07) is 8.25. The smallest absolute Gasteiger partial charge is 0.292 e. The molecule has 0 atom stereocenters. The van der Waals surface area contributed by atoms with Crippen LogP contribution >= 0.6 is 11.3 Å². The second kappa shape index (κ2) is 6.36. The van der Waals surface area contributed by atoms with Crippen molar-refractivity contribution in [3.05, 3.63) is 55.8 Å². The van der Waals surface area contributed by atoms with Crippen LogP contribution in [-0.4, -0.2) is 17.9 Å². The molecule has 110 valence electrons. The summed E-state index contributed by atoms with van der Waals surface area (Å²) in [4.78, 5) is 24.5. The molecular formula is C14H15N3O3S. The first-order valence-corrected chi connectivity index (χ1v) is 7.12. The van der Waals surface area contributed by atoms with E-state index in [-0.39, 0.29) is 11.6 Å². The van der Waals surface area contributed by atoms with Crippen molar-refractivity contribution in [2.75, 3.05) is 12.4 Å². The SMILES string of the molecule is CNC(=O)c1ccc([N+](=O)[O-])c(NCc2ccc(C)s2)c1. The lowest BCUT2D eigenvalue weighted by molar-refractivity contribution is -0.384. The highest BCUT2D eigenvalue weighted by molar-refractivity contribution is 7.11. The molecule has 0 aliphatic rings. The van der Waals surface area contributed by atoms with Gasteiger partial charge in [0.15, 0.2) is 0 Å². The molecule has 1 aromatic carbocycles. The highest BCUT2D eigenvalue weighted by atomic mass is 32.1. The number of carbonyl (C=O) groups excluding carboxylic acids is 1. The summed E-state index contributed by atoms with van der Waals surface area (Å²) in [6.45, 7) is 2.49. The van der Waals surface area contributed by atoms with Crippen LogP contribution in [0.25, 0.3) is 0 Å². The van der Waals surface area contributed by atoms with Crippen molar-refractivity contribution in [1.82, 2.24) is 5.32 Å². The van der Waals surface area contributed by atoms with Gasteiger partial charge in [0.2, 0.25) is 0 Å². The van der Waals surface area contributed by atoms with Crippen molar-refractivity contribution in [2.45, 2.75) is 13.5 Å². The van der Waals surface area contributed by atoms with Gasteiger partial charge in [0.1, 0.15) is 5.69 Å². The van der Waals surface area contributed by atoms with E-state index in [2.05, 4.69) is 10.6 Å². The minimum absolute atomic E-state index is 0.0454. The Kier molecular flexibility index (Phi) is 4.54. The highest BCUT2D eigenvalue weighted by Gasteiger charge is 2.16. The minimum atomic E-state index is -0.463. The number of hydrogen-bond acceptors (Lipinski definition) is 5. The maximum absolute atomic E-state index is 11.6. The Morgan fingerprint density at radius 2 is 2.10 bits per heavy atom. The van der Waals surface area contributed by atoms with Crippen LogP contribution in [0.15, 0.2) is 30.3 Å². The van der Waals surface area contributed by atoms with E-state index in [1.165, 1.54) is 30.1 Å². The second-order valence-electron chi connectivity index (χ2n) is 4.43. The van der Waals surface area contributed by atoms with Gasteiger partial charge in [0.05, 0.1) is 4.92 Å². The Bertz CT molecular complexity index is 682. The number of hydrogen-bond donors (Lipinski definition) is 2. The molecule has 1 heterocycles. The number of nitro benzene ring substituents is 1. The van der Waals surface area contributed by atoms with Crippen molar-refractivity contribution in [3.63, 3.8) is 0 Å². The molecule has 0 saturated carbocycles. The van der Waals surface area contributed by atoms with Crippen molar-refractivity contribution in [3.8, 4) is 0 Å². The van der Waals surface area contributed by atoms with Crippen LogP contribution in [0, 0.1) is 17.0 Å². The summed E-state index contributed by atoms with van der Waals surface area (Å²) >= 11 is 1.62. The first-order chi connectivity index (χ1) is 10.0. The van der Waals surface area contributed by atoms with E-state index in [1.54, 1.807) is 11.3 Å². The monoisotopic (exact) mass is 305 g/mol. The van der Waals surface area contributed by atoms with E-state index in [0.29, 0.717) is 17.8 Å². The summed E-state index contributed by atoms with van der Waals surface area (Å²) in [5, 5.41) is 16.6. The van der Waals surface area contributed by atoms with E-state index in [4.69, 9.17) is 0 Å². The molecule has 1 amide bonds. The summed E-state index contributed by atoms with van der Waals surface area (Å²) in [5.41, 5.74) is 0.677. The van der Waals surface area contributed by atoms with Gasteiger partial charge in [-0.1, -0.05) is 0 Å². The molecule has 2 N–H and O–H groups in total. The summed E-state index contributed by atoms with van der Waals surface area (Å²) in [5.74, 6) is -0.278. The van der Waals surface area contributed by atoms with Crippen molar-refractivity contribution < 1.29 is 9.72 Å². The van der Waals surface area contributed by atoms with Crippen LogP contribution in [0.1, 0.15) is 20.1 Å². The molecule has 0 fully saturated rings. The molecule has 21 heavy (non-hydrogen) atoms. The third-order valence-corrected chi connectivity index (χ3v) is 3.93. The van der Waals surface area contributed by atoms with Gasteiger partial charge in [-0.15, -0.1) is 11.3 Å². The maximum atomic E-state index is 11.6. The van der Waals surface area contributed by atoms with Crippen LogP contribution in [0.3, 0.4) is 0 Å². The Labute approximate surface area is 126 Å². The molecule has 2 aromatic rings. The van der Waals surface area contributed by atoms with E-state index in [9.17, 15) is 14.9 Å². The molecule has 0 unspecified atom stereocenters. The minimum Gasteiger partial charge on any atom is -0.375 e. The number of amides is 1. The summed E-state index contributed by atoms with van der Waals surface area (Å²) in [7, 11) is 1.52. The topological polar surface area (TPSA) is 84.3 Å². The normalized spacial score (nSPS) is 10.2.